The van der Waals surface area contributed by atoms with Gasteiger partial charge < -0.3 is 35.2 Å². The van der Waals surface area contributed by atoms with Gasteiger partial charge in [0, 0.05) is 40.4 Å². The first-order chi connectivity index (χ1) is 26.0. The molecule has 0 spiro atoms. The number of methoxy groups -OCH3 is 2. The van der Waals surface area contributed by atoms with Gasteiger partial charge in [-0.1, -0.05) is 53.2 Å². The van der Waals surface area contributed by atoms with Gasteiger partial charge in [-0.15, -0.1) is 0 Å². The predicted molar refractivity (Wildman–Crippen MR) is 208 cm³/mol. The standard InChI is InChI=1S/C39H65N7O9/c1-12-25(4)36(45(9)34(50)22-41-39(52)35(24(2)3)44(7)8)31(53-10)20-33(49)46-19-13-14-30(46)37(54-11)26(5)38(51)40-21-32(48)43-55-23-28-15-17-29(18-16-28)42-27(6)47/h15-18,24-26,30-31,35-37H,12-14,19-23H2,1-11H3,(H,40,51)(H,41,52)(H,42,47)(H,43,48)/t25-,26+,30-,31+,35?,36-,37+/m0/s1. The molecular formula is C39H65N7O9. The van der Waals surface area contributed by atoms with Gasteiger partial charge in [0.25, 0.3) is 5.91 Å². The fourth-order valence-corrected chi connectivity index (χ4v) is 7.30. The number of hydrogen-bond donors (Lipinski definition) is 4. The van der Waals surface area contributed by atoms with Crippen LogP contribution in [0.15, 0.2) is 24.3 Å². The lowest BCUT2D eigenvalue weighted by Gasteiger charge is -2.39. The third-order valence-electron chi connectivity index (χ3n) is 10.3. The molecule has 1 saturated heterocycles. The molecule has 1 unspecified atom stereocenters. The second-order valence-electron chi connectivity index (χ2n) is 14.9. The van der Waals surface area contributed by atoms with E-state index in [1.54, 1.807) is 48.0 Å². The Morgan fingerprint density at radius 1 is 0.909 bits per heavy atom. The van der Waals surface area contributed by atoms with Crippen molar-refractivity contribution in [3.63, 3.8) is 0 Å². The first-order valence-electron chi connectivity index (χ1n) is 19.1. The van der Waals surface area contributed by atoms with E-state index >= 15 is 0 Å². The van der Waals surface area contributed by atoms with E-state index in [2.05, 4.69) is 21.4 Å². The number of carbonyl (C=O) groups is 6. The number of likely N-dealkylation sites (tertiary alicyclic amines) is 1. The molecule has 16 heteroatoms. The highest BCUT2D eigenvalue weighted by Gasteiger charge is 2.42. The van der Waals surface area contributed by atoms with E-state index in [4.69, 9.17) is 14.3 Å². The van der Waals surface area contributed by atoms with Crippen molar-refractivity contribution in [1.82, 2.24) is 30.8 Å². The number of rotatable bonds is 22. The minimum absolute atomic E-state index is 0.00132. The zero-order valence-electron chi connectivity index (χ0n) is 34.6. The number of anilines is 1. The average Bonchev–Trinajstić information content (AvgIpc) is 3.62. The van der Waals surface area contributed by atoms with Gasteiger partial charge in [-0.05, 0) is 56.5 Å². The fraction of sp³-hybridized carbons (Fsp3) is 0.692. The molecule has 0 aliphatic carbocycles. The molecular weight excluding hydrogens is 710 g/mol. The number of nitrogens with zero attached hydrogens (tertiary/aromatic N) is 3. The third kappa shape index (κ3) is 14.2. The number of ether oxygens (including phenoxy) is 2. The van der Waals surface area contributed by atoms with Crippen LogP contribution in [0.2, 0.25) is 0 Å². The number of benzene rings is 1. The Balaban J connectivity index is 2.01. The Morgan fingerprint density at radius 3 is 2.09 bits per heavy atom. The summed E-state index contributed by atoms with van der Waals surface area (Å²) in [7, 11) is 8.35. The molecule has 16 nitrogen and oxygen atoms in total. The minimum Gasteiger partial charge on any atom is -0.379 e. The molecule has 1 aliphatic rings. The Hall–Kier alpha value is -4.12. The predicted octanol–water partition coefficient (Wildman–Crippen LogP) is 1.93. The van der Waals surface area contributed by atoms with Gasteiger partial charge in [-0.2, -0.15) is 0 Å². The summed E-state index contributed by atoms with van der Waals surface area (Å²) >= 11 is 0. The Morgan fingerprint density at radius 2 is 1.55 bits per heavy atom. The van der Waals surface area contributed by atoms with Gasteiger partial charge in [0.2, 0.25) is 29.5 Å². The first kappa shape index (κ1) is 47.0. The maximum absolute atomic E-state index is 14.0. The molecule has 1 aromatic rings. The quantitative estimate of drug-likeness (QED) is 0.127. The summed E-state index contributed by atoms with van der Waals surface area (Å²) < 4.78 is 11.7. The molecule has 2 rings (SSSR count). The summed E-state index contributed by atoms with van der Waals surface area (Å²) in [5.41, 5.74) is 3.72. The average molecular weight is 776 g/mol. The summed E-state index contributed by atoms with van der Waals surface area (Å²) in [5, 5.41) is 8.09. The summed E-state index contributed by atoms with van der Waals surface area (Å²) in [6.45, 7) is 11.1. The zero-order valence-corrected chi connectivity index (χ0v) is 34.6. The van der Waals surface area contributed by atoms with Crippen molar-refractivity contribution in [2.75, 3.05) is 60.3 Å². The smallest absolute Gasteiger partial charge is 0.262 e. The van der Waals surface area contributed by atoms with Gasteiger partial charge in [-0.3, -0.25) is 38.5 Å². The van der Waals surface area contributed by atoms with E-state index < -0.39 is 42.0 Å². The van der Waals surface area contributed by atoms with Crippen LogP contribution in [0.4, 0.5) is 5.69 Å². The van der Waals surface area contributed by atoms with E-state index in [1.165, 1.54) is 21.1 Å². The van der Waals surface area contributed by atoms with Crippen LogP contribution in [0, 0.1) is 17.8 Å². The second-order valence-corrected chi connectivity index (χ2v) is 14.9. The molecule has 0 bridgehead atoms. The summed E-state index contributed by atoms with van der Waals surface area (Å²) in [6.07, 6.45) is 0.777. The van der Waals surface area contributed by atoms with Crippen LogP contribution in [0.5, 0.6) is 0 Å². The summed E-state index contributed by atoms with van der Waals surface area (Å²) in [6, 6.07) is 5.71. The summed E-state index contributed by atoms with van der Waals surface area (Å²) in [5.74, 6) is -2.53. The molecule has 1 aromatic carbocycles. The summed E-state index contributed by atoms with van der Waals surface area (Å²) in [4.78, 5) is 87.6. The highest BCUT2D eigenvalue weighted by molar-refractivity contribution is 5.89. The van der Waals surface area contributed by atoms with Crippen molar-refractivity contribution < 1.29 is 43.1 Å². The normalized spacial score (nSPS) is 17.5. The number of amides is 6. The molecule has 310 valence electrons. The van der Waals surface area contributed by atoms with Crippen molar-refractivity contribution in [1.29, 1.82) is 0 Å². The number of nitrogens with one attached hydrogen (secondary N) is 4. The van der Waals surface area contributed by atoms with Gasteiger partial charge in [0.05, 0.1) is 62.4 Å². The zero-order chi connectivity index (χ0) is 41.4. The van der Waals surface area contributed by atoms with Crippen molar-refractivity contribution in [2.24, 2.45) is 17.8 Å². The lowest BCUT2D eigenvalue weighted by molar-refractivity contribution is -0.146. The molecule has 55 heavy (non-hydrogen) atoms. The molecule has 0 aromatic heterocycles. The first-order valence-corrected chi connectivity index (χ1v) is 19.1. The number of likely N-dealkylation sites (N-methyl/N-ethyl adjacent to an activating group) is 2. The van der Waals surface area contributed by atoms with Gasteiger partial charge in [-0.25, -0.2) is 5.48 Å². The van der Waals surface area contributed by atoms with Crippen LogP contribution in [0.25, 0.3) is 0 Å². The Kier molecular flexibility index (Phi) is 19.7. The van der Waals surface area contributed by atoms with Crippen LogP contribution >= 0.6 is 0 Å². The van der Waals surface area contributed by atoms with E-state index in [-0.39, 0.29) is 67.6 Å². The van der Waals surface area contributed by atoms with E-state index in [0.717, 1.165) is 18.4 Å². The van der Waals surface area contributed by atoms with E-state index in [0.29, 0.717) is 18.7 Å². The lowest BCUT2D eigenvalue weighted by Crippen LogP contribution is -2.55. The van der Waals surface area contributed by atoms with Crippen LogP contribution in [-0.4, -0.2) is 135 Å². The molecule has 1 heterocycles. The molecule has 1 fully saturated rings. The van der Waals surface area contributed by atoms with Crippen LogP contribution in [-0.2, 0) is 49.7 Å². The molecule has 1 aliphatic heterocycles. The maximum Gasteiger partial charge on any atom is 0.262 e. The number of carbonyl (C=O) groups excluding carboxylic acids is 6. The van der Waals surface area contributed by atoms with E-state index in [9.17, 15) is 28.8 Å². The van der Waals surface area contributed by atoms with E-state index in [1.807, 2.05) is 46.7 Å². The number of hydrogen-bond acceptors (Lipinski definition) is 10. The highest BCUT2D eigenvalue weighted by Crippen LogP contribution is 2.29. The van der Waals surface area contributed by atoms with Gasteiger partial charge in [0.15, 0.2) is 0 Å². The van der Waals surface area contributed by atoms with Gasteiger partial charge >= 0.3 is 0 Å². The highest BCUT2D eigenvalue weighted by atomic mass is 16.6. The lowest BCUT2D eigenvalue weighted by atomic mass is 9.90. The van der Waals surface area contributed by atoms with Gasteiger partial charge in [0.1, 0.15) is 0 Å². The Labute approximate surface area is 326 Å². The molecule has 6 amide bonds. The van der Waals surface area contributed by atoms with Crippen molar-refractivity contribution in [3.8, 4) is 0 Å². The molecule has 7 atom stereocenters. The molecule has 0 saturated carbocycles. The largest absolute Gasteiger partial charge is 0.379 e. The van der Waals surface area contributed by atoms with Crippen molar-refractivity contribution in [3.05, 3.63) is 29.8 Å². The monoisotopic (exact) mass is 775 g/mol. The second kappa shape index (κ2) is 23.1. The topological polar surface area (TPSA) is 188 Å². The fourth-order valence-electron chi connectivity index (χ4n) is 7.30. The number of hydroxylamine groups is 1. The molecule has 4 N–H and O–H groups in total. The SMILES string of the molecule is CC[C@H](C)[C@@H]([C@@H](CC(=O)N1CCC[C@H]1[C@H](OC)[C@@H](C)C(=O)NCC(=O)NOCc1ccc(NC(C)=O)cc1)OC)N(C)C(=O)CNC(=O)C(C(C)C)N(C)C. The van der Waals surface area contributed by atoms with Crippen molar-refractivity contribution in [2.45, 2.75) is 104 Å². The maximum atomic E-state index is 14.0. The van der Waals surface area contributed by atoms with Crippen LogP contribution in [0.3, 0.4) is 0 Å². The van der Waals surface area contributed by atoms with Crippen molar-refractivity contribution >= 4 is 41.1 Å². The minimum atomic E-state index is -0.702. The van der Waals surface area contributed by atoms with Crippen LogP contribution in [0.1, 0.15) is 72.8 Å². The Bertz CT molecular complexity index is 1420. The third-order valence-corrected chi connectivity index (χ3v) is 10.3. The van der Waals surface area contributed by atoms with Crippen LogP contribution < -0.4 is 21.4 Å². The molecule has 0 radical (unpaired) electrons.